The molecule has 0 radical (unpaired) electrons. The number of amides is 1. The summed E-state index contributed by atoms with van der Waals surface area (Å²) in [6, 6.07) is 12.2. The average molecular weight is 417 g/mol. The largest absolute Gasteiger partial charge is 0.381 e. The summed E-state index contributed by atoms with van der Waals surface area (Å²) in [5.74, 6) is -0.766. The van der Waals surface area contributed by atoms with Crippen molar-refractivity contribution in [3.63, 3.8) is 0 Å². The van der Waals surface area contributed by atoms with E-state index in [9.17, 15) is 9.18 Å². The normalized spacial score (nSPS) is 14.8. The van der Waals surface area contributed by atoms with Gasteiger partial charge in [-0.15, -0.1) is 11.3 Å². The summed E-state index contributed by atoms with van der Waals surface area (Å²) in [7, 11) is 0. The number of halogens is 2. The van der Waals surface area contributed by atoms with Crippen molar-refractivity contribution < 1.29 is 13.9 Å². The van der Waals surface area contributed by atoms with Crippen LogP contribution in [0.4, 0.5) is 9.52 Å². The third-order valence-electron chi connectivity index (χ3n) is 4.80. The highest BCUT2D eigenvalue weighted by atomic mass is 35.5. The van der Waals surface area contributed by atoms with Crippen molar-refractivity contribution in [3.8, 4) is 11.3 Å². The molecule has 1 aliphatic rings. The fourth-order valence-electron chi connectivity index (χ4n) is 3.29. The summed E-state index contributed by atoms with van der Waals surface area (Å²) < 4.78 is 19.9. The minimum atomic E-state index is -0.524. The fourth-order valence-corrected chi connectivity index (χ4v) is 4.23. The van der Waals surface area contributed by atoms with E-state index >= 15 is 0 Å². The zero-order valence-corrected chi connectivity index (χ0v) is 16.5. The van der Waals surface area contributed by atoms with Crippen LogP contribution < -0.4 is 5.32 Å². The van der Waals surface area contributed by atoms with Gasteiger partial charge < -0.3 is 4.74 Å². The maximum Gasteiger partial charge on any atom is 0.260 e. The number of ether oxygens (including phenoxy) is 1. The van der Waals surface area contributed by atoms with Gasteiger partial charge in [0.05, 0.1) is 11.3 Å². The molecule has 1 fully saturated rings. The number of anilines is 1. The van der Waals surface area contributed by atoms with Crippen LogP contribution in [0.15, 0.2) is 47.8 Å². The SMILES string of the molecule is O=C(Nc1nc(-c2ccccc2Cl)cs1)c1ccc(C2CCOCC2)cc1F. The van der Waals surface area contributed by atoms with E-state index in [1.807, 2.05) is 24.3 Å². The van der Waals surface area contributed by atoms with Crippen molar-refractivity contribution in [1.29, 1.82) is 0 Å². The molecule has 28 heavy (non-hydrogen) atoms. The smallest absolute Gasteiger partial charge is 0.260 e. The van der Waals surface area contributed by atoms with E-state index in [4.69, 9.17) is 16.3 Å². The molecule has 0 aliphatic carbocycles. The average Bonchev–Trinajstić information content (AvgIpc) is 3.17. The van der Waals surface area contributed by atoms with Crippen LogP contribution in [0.3, 0.4) is 0 Å². The zero-order valence-electron chi connectivity index (χ0n) is 15.0. The third-order valence-corrected chi connectivity index (χ3v) is 5.89. The lowest BCUT2D eigenvalue weighted by Gasteiger charge is -2.22. The molecule has 0 saturated carbocycles. The number of benzene rings is 2. The first-order valence-corrected chi connectivity index (χ1v) is 10.3. The van der Waals surface area contributed by atoms with Gasteiger partial charge in [0.1, 0.15) is 5.82 Å². The molecule has 1 aromatic heterocycles. The van der Waals surface area contributed by atoms with E-state index in [1.54, 1.807) is 11.4 Å². The number of thiazole rings is 1. The standard InChI is InChI=1S/C21H18ClFN2O2S/c22-17-4-2-1-3-15(17)19-12-28-21(24-19)25-20(26)16-6-5-14(11-18(16)23)13-7-9-27-10-8-13/h1-6,11-13H,7-10H2,(H,24,25,26). The maximum absolute atomic E-state index is 14.6. The van der Waals surface area contributed by atoms with Gasteiger partial charge in [-0.1, -0.05) is 35.9 Å². The molecule has 7 heteroatoms. The van der Waals surface area contributed by atoms with E-state index < -0.39 is 11.7 Å². The molecule has 2 aromatic carbocycles. The maximum atomic E-state index is 14.6. The van der Waals surface area contributed by atoms with Crippen LogP contribution in [-0.4, -0.2) is 24.1 Å². The van der Waals surface area contributed by atoms with Gasteiger partial charge in [-0.3, -0.25) is 10.1 Å². The molecule has 0 bridgehead atoms. The van der Waals surface area contributed by atoms with Crippen LogP contribution in [0.5, 0.6) is 0 Å². The number of nitrogens with one attached hydrogen (secondary N) is 1. The molecule has 1 amide bonds. The van der Waals surface area contributed by atoms with Crippen molar-refractivity contribution in [2.75, 3.05) is 18.5 Å². The van der Waals surface area contributed by atoms with Gasteiger partial charge in [-0.05, 0) is 42.5 Å². The van der Waals surface area contributed by atoms with Gasteiger partial charge in [0, 0.05) is 29.2 Å². The van der Waals surface area contributed by atoms with Crippen molar-refractivity contribution in [3.05, 3.63) is 69.8 Å². The molecule has 4 rings (SSSR count). The highest BCUT2D eigenvalue weighted by molar-refractivity contribution is 7.14. The van der Waals surface area contributed by atoms with Crippen LogP contribution >= 0.6 is 22.9 Å². The molecule has 3 aromatic rings. The molecule has 1 N–H and O–H groups in total. The lowest BCUT2D eigenvalue weighted by Crippen LogP contribution is -2.16. The first-order valence-electron chi connectivity index (χ1n) is 9.01. The lowest BCUT2D eigenvalue weighted by molar-refractivity contribution is 0.0852. The Bertz CT molecular complexity index is 1000. The van der Waals surface area contributed by atoms with E-state index in [0.717, 1.165) is 24.0 Å². The van der Waals surface area contributed by atoms with Crippen LogP contribution in [0.25, 0.3) is 11.3 Å². The van der Waals surface area contributed by atoms with Crippen LogP contribution in [-0.2, 0) is 4.74 Å². The van der Waals surface area contributed by atoms with Crippen LogP contribution in [0.1, 0.15) is 34.7 Å². The van der Waals surface area contributed by atoms with Crippen molar-refractivity contribution in [2.45, 2.75) is 18.8 Å². The quantitative estimate of drug-likeness (QED) is 0.589. The first-order chi connectivity index (χ1) is 13.6. The molecule has 0 spiro atoms. The number of aromatic nitrogens is 1. The summed E-state index contributed by atoms with van der Waals surface area (Å²) in [5.41, 5.74) is 2.37. The Morgan fingerprint density at radius 3 is 2.75 bits per heavy atom. The van der Waals surface area contributed by atoms with Gasteiger partial charge in [0.25, 0.3) is 5.91 Å². The summed E-state index contributed by atoms with van der Waals surface area (Å²) in [4.78, 5) is 16.9. The predicted octanol–water partition coefficient (Wildman–Crippen LogP) is 5.75. The van der Waals surface area contributed by atoms with Gasteiger partial charge >= 0.3 is 0 Å². The predicted molar refractivity (Wildman–Crippen MR) is 110 cm³/mol. The van der Waals surface area contributed by atoms with E-state index in [1.165, 1.54) is 23.5 Å². The Morgan fingerprint density at radius 2 is 2.00 bits per heavy atom. The Hall–Kier alpha value is -2.28. The van der Waals surface area contributed by atoms with Crippen LogP contribution in [0.2, 0.25) is 5.02 Å². The molecule has 144 valence electrons. The molecule has 1 aliphatic heterocycles. The number of carbonyl (C=O) groups is 1. The zero-order chi connectivity index (χ0) is 19.5. The topological polar surface area (TPSA) is 51.2 Å². The highest BCUT2D eigenvalue weighted by Gasteiger charge is 2.20. The number of nitrogens with zero attached hydrogens (tertiary/aromatic N) is 1. The van der Waals surface area contributed by atoms with Crippen LogP contribution in [0, 0.1) is 5.82 Å². The number of hydrogen-bond donors (Lipinski definition) is 1. The number of carbonyl (C=O) groups excluding carboxylic acids is 1. The lowest BCUT2D eigenvalue weighted by atomic mass is 9.91. The molecule has 1 saturated heterocycles. The van der Waals surface area contributed by atoms with Crippen molar-refractivity contribution in [1.82, 2.24) is 4.98 Å². The second-order valence-electron chi connectivity index (χ2n) is 6.60. The van der Waals surface area contributed by atoms with Crippen molar-refractivity contribution >= 4 is 34.0 Å². The van der Waals surface area contributed by atoms with E-state index in [-0.39, 0.29) is 11.5 Å². The van der Waals surface area contributed by atoms with E-state index in [0.29, 0.717) is 29.1 Å². The molecule has 0 unspecified atom stereocenters. The Kier molecular flexibility index (Phi) is 5.71. The molecular formula is C21H18ClFN2O2S. The summed E-state index contributed by atoms with van der Waals surface area (Å²) in [6.07, 6.45) is 1.74. The fraction of sp³-hybridized carbons (Fsp3) is 0.238. The van der Waals surface area contributed by atoms with Gasteiger partial charge in [-0.25, -0.2) is 9.37 Å². The second-order valence-corrected chi connectivity index (χ2v) is 7.86. The highest BCUT2D eigenvalue weighted by Crippen LogP contribution is 2.31. The summed E-state index contributed by atoms with van der Waals surface area (Å²) >= 11 is 7.46. The molecule has 4 nitrogen and oxygen atoms in total. The Morgan fingerprint density at radius 1 is 1.21 bits per heavy atom. The summed E-state index contributed by atoms with van der Waals surface area (Å²) in [5, 5.41) is 5.46. The third kappa shape index (κ3) is 4.09. The molecular weight excluding hydrogens is 399 g/mol. The van der Waals surface area contributed by atoms with Gasteiger partial charge in [0.15, 0.2) is 5.13 Å². The second kappa shape index (κ2) is 8.39. The van der Waals surface area contributed by atoms with Gasteiger partial charge in [0.2, 0.25) is 0 Å². The summed E-state index contributed by atoms with van der Waals surface area (Å²) in [6.45, 7) is 1.37. The molecule has 2 heterocycles. The van der Waals surface area contributed by atoms with Gasteiger partial charge in [-0.2, -0.15) is 0 Å². The number of rotatable bonds is 4. The Balaban J connectivity index is 1.49. The monoisotopic (exact) mass is 416 g/mol. The first kappa shape index (κ1) is 19.1. The minimum absolute atomic E-state index is 0.00491. The van der Waals surface area contributed by atoms with E-state index in [2.05, 4.69) is 10.3 Å². The minimum Gasteiger partial charge on any atom is -0.381 e. The van der Waals surface area contributed by atoms with Crippen molar-refractivity contribution in [2.24, 2.45) is 0 Å². The number of hydrogen-bond acceptors (Lipinski definition) is 4. The molecule has 0 atom stereocenters. The Labute approximate surface area is 171 Å².